The zero-order valence-corrected chi connectivity index (χ0v) is 15.7. The molecule has 2 rings (SSSR count). The van der Waals surface area contributed by atoms with E-state index in [9.17, 15) is 17.6 Å². The monoisotopic (exact) mass is 397 g/mol. The second kappa shape index (κ2) is 10.1. The molecule has 0 aromatic heterocycles. The summed E-state index contributed by atoms with van der Waals surface area (Å²) in [5.41, 5.74) is 3.13. The predicted molar refractivity (Wildman–Crippen MR) is 100 cm³/mol. The lowest BCUT2D eigenvalue weighted by atomic mass is 10.1. The van der Waals surface area contributed by atoms with Gasteiger partial charge in [-0.25, -0.2) is 4.39 Å². The van der Waals surface area contributed by atoms with Crippen LogP contribution in [0.3, 0.4) is 0 Å². The van der Waals surface area contributed by atoms with E-state index in [1.165, 1.54) is 6.07 Å². The van der Waals surface area contributed by atoms with E-state index < -0.39 is 12.8 Å². The van der Waals surface area contributed by atoms with E-state index in [-0.39, 0.29) is 12.4 Å². The smallest absolute Gasteiger partial charge is 0.367 e. The molecule has 0 unspecified atom stereocenters. The van der Waals surface area contributed by atoms with Crippen LogP contribution in [0.15, 0.2) is 47.5 Å². The molecule has 4 nitrogen and oxygen atoms in total. The molecule has 0 spiro atoms. The third kappa shape index (κ3) is 7.56. The van der Waals surface area contributed by atoms with Gasteiger partial charge in [-0.05, 0) is 35.2 Å². The van der Waals surface area contributed by atoms with Crippen molar-refractivity contribution in [1.29, 1.82) is 0 Å². The molecule has 0 fully saturated rings. The fraction of sp³-hybridized carbons (Fsp3) is 0.350. The molecule has 0 aliphatic heterocycles. The minimum absolute atomic E-state index is 0.0898. The molecule has 0 heterocycles. The van der Waals surface area contributed by atoms with Crippen molar-refractivity contribution in [2.24, 2.45) is 4.99 Å². The highest BCUT2D eigenvalue weighted by atomic mass is 19.4. The fourth-order valence-corrected chi connectivity index (χ4v) is 2.45. The van der Waals surface area contributed by atoms with Crippen LogP contribution in [0.25, 0.3) is 0 Å². The van der Waals surface area contributed by atoms with Crippen LogP contribution in [0.4, 0.5) is 17.6 Å². The fourth-order valence-electron chi connectivity index (χ4n) is 2.45. The molecule has 28 heavy (non-hydrogen) atoms. The minimum atomic E-state index is -4.32. The van der Waals surface area contributed by atoms with Crippen molar-refractivity contribution in [3.05, 3.63) is 70.5 Å². The van der Waals surface area contributed by atoms with Crippen LogP contribution in [0.2, 0.25) is 0 Å². The van der Waals surface area contributed by atoms with E-state index in [2.05, 4.69) is 20.4 Å². The normalized spacial score (nSPS) is 12.1. The molecule has 0 radical (unpaired) electrons. The third-order valence-electron chi connectivity index (χ3n) is 3.92. The molecule has 152 valence electrons. The van der Waals surface area contributed by atoms with Crippen LogP contribution in [-0.2, 0) is 24.4 Å². The van der Waals surface area contributed by atoms with Crippen LogP contribution in [0.5, 0.6) is 0 Å². The zero-order chi connectivity index (χ0) is 20.6. The van der Waals surface area contributed by atoms with Crippen molar-refractivity contribution in [2.45, 2.75) is 32.8 Å². The highest BCUT2D eigenvalue weighted by molar-refractivity contribution is 5.79. The molecule has 0 aliphatic carbocycles. The molecule has 8 heteroatoms. The van der Waals surface area contributed by atoms with Crippen molar-refractivity contribution in [2.75, 3.05) is 13.7 Å². The van der Waals surface area contributed by atoms with E-state index in [0.29, 0.717) is 30.2 Å². The first-order valence-electron chi connectivity index (χ1n) is 8.68. The van der Waals surface area contributed by atoms with Gasteiger partial charge in [-0.15, -0.1) is 0 Å². The number of alkyl halides is 3. The number of nitrogens with zero attached hydrogens (tertiary/aromatic N) is 1. The number of aliphatic imine (C=N–C) groups is 1. The van der Waals surface area contributed by atoms with Crippen molar-refractivity contribution >= 4 is 5.96 Å². The molecule has 2 aromatic rings. The van der Waals surface area contributed by atoms with Gasteiger partial charge in [0.25, 0.3) is 0 Å². The first-order chi connectivity index (χ1) is 13.3. The zero-order valence-electron chi connectivity index (χ0n) is 15.7. The van der Waals surface area contributed by atoms with E-state index in [1.807, 2.05) is 12.1 Å². The van der Waals surface area contributed by atoms with Crippen LogP contribution in [0.1, 0.15) is 22.3 Å². The number of hydrogen-bond acceptors (Lipinski definition) is 2. The molecule has 0 saturated heterocycles. The molecule has 0 saturated carbocycles. The summed E-state index contributed by atoms with van der Waals surface area (Å²) in [4.78, 5) is 4.13. The number of ether oxygens (including phenoxy) is 1. The first-order valence-corrected chi connectivity index (χ1v) is 8.68. The summed E-state index contributed by atoms with van der Waals surface area (Å²) >= 11 is 0. The van der Waals surface area contributed by atoms with Crippen LogP contribution >= 0.6 is 0 Å². The van der Waals surface area contributed by atoms with Gasteiger partial charge in [0.2, 0.25) is 0 Å². The summed E-state index contributed by atoms with van der Waals surface area (Å²) in [6.45, 7) is 1.35. The maximum Gasteiger partial charge on any atom is 0.411 e. The van der Waals surface area contributed by atoms with Gasteiger partial charge in [-0.3, -0.25) is 4.99 Å². The van der Waals surface area contributed by atoms with E-state index in [4.69, 9.17) is 0 Å². The SMILES string of the molecule is CN=C(NCc1ccc(COCC(F)(F)F)cc1)NCc1ccc(F)c(C)c1. The van der Waals surface area contributed by atoms with Gasteiger partial charge < -0.3 is 15.4 Å². The Labute approximate surface area is 161 Å². The second-order valence-electron chi connectivity index (χ2n) is 6.29. The molecule has 2 N–H and O–H groups in total. The first kappa shape index (κ1) is 21.7. The quantitative estimate of drug-likeness (QED) is 0.421. The Morgan fingerprint density at radius 1 is 0.964 bits per heavy atom. The number of rotatable bonds is 7. The maximum absolute atomic E-state index is 13.3. The molecule has 0 atom stereocenters. The summed E-state index contributed by atoms with van der Waals surface area (Å²) in [5, 5.41) is 6.30. The molecule has 0 amide bonds. The summed E-state index contributed by atoms with van der Waals surface area (Å²) in [5.74, 6) is 0.345. The molecule has 2 aromatic carbocycles. The standard InChI is InChI=1S/C20H23F4N3O/c1-14-9-17(7-8-18(14)21)11-27-19(25-2)26-10-15-3-5-16(6-4-15)12-28-13-20(22,23)24/h3-9H,10-13H2,1-2H3,(H2,25,26,27). The average molecular weight is 397 g/mol. The van der Waals surface area contributed by atoms with Gasteiger partial charge in [0.1, 0.15) is 12.4 Å². The average Bonchev–Trinajstić information content (AvgIpc) is 2.65. The Balaban J connectivity index is 1.78. The predicted octanol–water partition coefficient (Wildman–Crippen LogP) is 4.08. The van der Waals surface area contributed by atoms with Crippen LogP contribution in [-0.4, -0.2) is 25.8 Å². The number of hydrogen-bond donors (Lipinski definition) is 2. The largest absolute Gasteiger partial charge is 0.411 e. The van der Waals surface area contributed by atoms with Gasteiger partial charge in [-0.2, -0.15) is 13.2 Å². The van der Waals surface area contributed by atoms with Gasteiger partial charge in [0.05, 0.1) is 6.61 Å². The lowest BCUT2D eigenvalue weighted by Gasteiger charge is -2.13. The van der Waals surface area contributed by atoms with E-state index >= 15 is 0 Å². The lowest BCUT2D eigenvalue weighted by Crippen LogP contribution is -2.36. The van der Waals surface area contributed by atoms with Crippen molar-refractivity contribution in [3.8, 4) is 0 Å². The van der Waals surface area contributed by atoms with Crippen molar-refractivity contribution in [1.82, 2.24) is 10.6 Å². The lowest BCUT2D eigenvalue weighted by molar-refractivity contribution is -0.176. The second-order valence-corrected chi connectivity index (χ2v) is 6.29. The molecule has 0 bridgehead atoms. The van der Waals surface area contributed by atoms with E-state index in [0.717, 1.165) is 11.1 Å². The Morgan fingerprint density at radius 3 is 2.11 bits per heavy atom. The molecular weight excluding hydrogens is 374 g/mol. The summed E-state index contributed by atoms with van der Waals surface area (Å²) < 4.78 is 54.2. The third-order valence-corrected chi connectivity index (χ3v) is 3.92. The summed E-state index contributed by atoms with van der Waals surface area (Å²) in [6.07, 6.45) is -4.32. The minimum Gasteiger partial charge on any atom is -0.367 e. The number of nitrogens with one attached hydrogen (secondary N) is 2. The number of guanidine groups is 1. The van der Waals surface area contributed by atoms with Gasteiger partial charge in [0, 0.05) is 20.1 Å². The Bertz CT molecular complexity index is 789. The van der Waals surface area contributed by atoms with Gasteiger partial charge in [-0.1, -0.05) is 36.4 Å². The van der Waals surface area contributed by atoms with Gasteiger partial charge in [0.15, 0.2) is 5.96 Å². The Kier molecular flexibility index (Phi) is 7.80. The Morgan fingerprint density at radius 2 is 1.54 bits per heavy atom. The summed E-state index contributed by atoms with van der Waals surface area (Å²) in [6, 6.07) is 12.0. The van der Waals surface area contributed by atoms with E-state index in [1.54, 1.807) is 38.2 Å². The molecular formula is C20H23F4N3O. The number of benzene rings is 2. The summed E-state index contributed by atoms with van der Waals surface area (Å²) in [7, 11) is 1.65. The number of halogens is 4. The van der Waals surface area contributed by atoms with Crippen LogP contribution < -0.4 is 10.6 Å². The highest BCUT2D eigenvalue weighted by Crippen LogP contribution is 2.16. The molecule has 0 aliphatic rings. The maximum atomic E-state index is 13.3. The van der Waals surface area contributed by atoms with Crippen LogP contribution in [0, 0.1) is 12.7 Å². The van der Waals surface area contributed by atoms with Crippen molar-refractivity contribution < 1.29 is 22.3 Å². The number of aryl methyl sites for hydroxylation is 1. The Hall–Kier alpha value is -2.61. The van der Waals surface area contributed by atoms with Gasteiger partial charge >= 0.3 is 6.18 Å². The highest BCUT2D eigenvalue weighted by Gasteiger charge is 2.27. The van der Waals surface area contributed by atoms with Crippen molar-refractivity contribution in [3.63, 3.8) is 0 Å². The topological polar surface area (TPSA) is 45.7 Å².